The third-order valence-corrected chi connectivity index (χ3v) is 12.3. The topological polar surface area (TPSA) is 75.7 Å². The predicted octanol–water partition coefficient (Wildman–Crippen LogP) is 16.1. The summed E-state index contributed by atoms with van der Waals surface area (Å²) < 4.78 is 13.6. The fraction of sp³-hybridized carbons (Fsp3) is 0.241. The van der Waals surface area contributed by atoms with Gasteiger partial charge in [-0.05, 0) is 153 Å². The molecule has 0 unspecified atom stereocenters. The Morgan fingerprint density at radius 1 is 0.359 bits per heavy atom. The Morgan fingerprint density at radius 2 is 0.719 bits per heavy atom. The van der Waals surface area contributed by atoms with E-state index < -0.39 is 0 Å². The summed E-state index contributed by atoms with van der Waals surface area (Å²) in [5.41, 5.74) is 19.7. The third-order valence-electron chi connectivity index (χ3n) is 12.3. The number of para-hydroxylation sites is 2. The van der Waals surface area contributed by atoms with Crippen molar-refractivity contribution in [3.63, 3.8) is 0 Å². The van der Waals surface area contributed by atoms with Crippen LogP contribution in [0.5, 0.6) is 0 Å². The molecular weight excluding hydrogens is 785 g/mol. The second kappa shape index (κ2) is 17.7. The van der Waals surface area contributed by atoms with Crippen LogP contribution < -0.4 is 0 Å². The molecule has 0 aliphatic heterocycles. The van der Waals surface area contributed by atoms with E-state index in [0.717, 1.165) is 140 Å². The molecule has 8 rings (SSSR count). The SMILES string of the molecule is C/C(=N\c1c(C)cc(C)cc1C)c1oc(/C(C)=N/c2c(C)cc(C)cc2C)c2cc(Cc3cccc(C)c3/N=C(\C)c3oc(/C(C)=N/c4c(C)cccc4C)c4ccccc34)ccc12. The second-order valence-electron chi connectivity index (χ2n) is 17.7. The minimum atomic E-state index is 0.663. The number of hydrogen-bond acceptors (Lipinski definition) is 6. The Hall–Kier alpha value is -6.92. The molecular formula is C58H58N4O2. The first-order chi connectivity index (χ1) is 30.6. The predicted molar refractivity (Wildman–Crippen MR) is 271 cm³/mol. The minimum absolute atomic E-state index is 0.663. The molecule has 64 heavy (non-hydrogen) atoms. The normalized spacial score (nSPS) is 12.9. The smallest absolute Gasteiger partial charge is 0.156 e. The van der Waals surface area contributed by atoms with E-state index in [0.29, 0.717) is 6.42 Å². The molecule has 2 heterocycles. The molecule has 0 aliphatic carbocycles. The number of aliphatic imine (C=N–C) groups is 4. The van der Waals surface area contributed by atoms with Crippen LogP contribution in [0.15, 0.2) is 132 Å². The molecule has 0 radical (unpaired) electrons. The maximum atomic E-state index is 6.89. The molecule has 0 aliphatic rings. The fourth-order valence-electron chi connectivity index (χ4n) is 9.26. The highest BCUT2D eigenvalue weighted by Crippen LogP contribution is 2.36. The molecule has 0 saturated heterocycles. The van der Waals surface area contributed by atoms with Crippen LogP contribution in [0.3, 0.4) is 0 Å². The number of furan rings is 2. The van der Waals surface area contributed by atoms with Crippen LogP contribution in [0, 0.1) is 62.3 Å². The summed E-state index contributed by atoms with van der Waals surface area (Å²) in [7, 11) is 0. The monoisotopic (exact) mass is 842 g/mol. The van der Waals surface area contributed by atoms with Gasteiger partial charge in [0.25, 0.3) is 0 Å². The van der Waals surface area contributed by atoms with Gasteiger partial charge in [0, 0.05) is 21.5 Å². The van der Waals surface area contributed by atoms with Crippen molar-refractivity contribution < 1.29 is 8.83 Å². The molecule has 322 valence electrons. The van der Waals surface area contributed by atoms with E-state index in [9.17, 15) is 0 Å². The zero-order valence-electron chi connectivity index (χ0n) is 39.6. The van der Waals surface area contributed by atoms with Gasteiger partial charge in [0.1, 0.15) is 0 Å². The van der Waals surface area contributed by atoms with Gasteiger partial charge in [-0.15, -0.1) is 0 Å². The summed E-state index contributed by atoms with van der Waals surface area (Å²) in [6, 6.07) is 36.4. The number of nitrogens with zero attached hydrogens (tertiary/aromatic N) is 4. The van der Waals surface area contributed by atoms with Gasteiger partial charge in [0.05, 0.1) is 45.6 Å². The largest absolute Gasteiger partial charge is 0.452 e. The van der Waals surface area contributed by atoms with Gasteiger partial charge in [0.15, 0.2) is 23.0 Å². The van der Waals surface area contributed by atoms with E-state index in [1.54, 1.807) is 0 Å². The molecule has 0 atom stereocenters. The summed E-state index contributed by atoms with van der Waals surface area (Å²) in [6.07, 6.45) is 0.663. The zero-order valence-corrected chi connectivity index (χ0v) is 39.6. The van der Waals surface area contributed by atoms with Crippen LogP contribution in [-0.2, 0) is 6.42 Å². The van der Waals surface area contributed by atoms with E-state index in [4.69, 9.17) is 28.8 Å². The van der Waals surface area contributed by atoms with Crippen LogP contribution in [0.25, 0.3) is 21.5 Å². The number of hydrogen-bond donors (Lipinski definition) is 0. The lowest BCUT2D eigenvalue weighted by Crippen LogP contribution is -1.97. The number of benzene rings is 6. The van der Waals surface area contributed by atoms with Crippen molar-refractivity contribution in [2.75, 3.05) is 0 Å². The number of aryl methyl sites for hydroxylation is 9. The summed E-state index contributed by atoms with van der Waals surface area (Å²) in [5.74, 6) is 2.99. The minimum Gasteiger partial charge on any atom is -0.452 e. The molecule has 0 amide bonds. The maximum absolute atomic E-state index is 6.89. The van der Waals surface area contributed by atoms with Gasteiger partial charge in [-0.1, -0.05) is 108 Å². The maximum Gasteiger partial charge on any atom is 0.156 e. The van der Waals surface area contributed by atoms with Gasteiger partial charge in [-0.3, -0.25) is 0 Å². The molecule has 8 aromatic rings. The first-order valence-electron chi connectivity index (χ1n) is 22.2. The Bertz CT molecular complexity index is 3210. The van der Waals surface area contributed by atoms with Gasteiger partial charge >= 0.3 is 0 Å². The highest BCUT2D eigenvalue weighted by molar-refractivity contribution is 6.17. The van der Waals surface area contributed by atoms with Crippen LogP contribution in [0.2, 0.25) is 0 Å². The highest BCUT2D eigenvalue weighted by Gasteiger charge is 2.22. The standard InChI is InChI=1S/C58H58N4O2/c1-32-26-37(6)52(38(7)27-32)60-42(11)57-49-25-24-45(31-50(49)58(64-57)44(13)61-53-39(8)28-33(2)29-40(53)9)30-46-21-17-20-36(5)54(46)62-43(12)56-48-23-15-14-22-47(48)55(63-56)41(10)59-51-34(3)18-16-19-35(51)4/h14-29,31H,30H2,1-13H3/b59-41+,60-42+,61-44+,62-43+. The molecule has 0 fully saturated rings. The zero-order chi connectivity index (χ0) is 45.6. The van der Waals surface area contributed by atoms with Crippen LogP contribution >= 0.6 is 0 Å². The average molecular weight is 843 g/mol. The Kier molecular flexibility index (Phi) is 12.1. The number of rotatable bonds is 10. The van der Waals surface area contributed by atoms with Gasteiger partial charge < -0.3 is 8.83 Å². The number of fused-ring (bicyclic) bond motifs is 2. The van der Waals surface area contributed by atoms with Crippen molar-refractivity contribution in [2.24, 2.45) is 20.0 Å². The fourth-order valence-corrected chi connectivity index (χ4v) is 9.26. The van der Waals surface area contributed by atoms with Crippen molar-refractivity contribution in [3.05, 3.63) is 187 Å². The molecule has 0 saturated carbocycles. The third kappa shape index (κ3) is 8.57. The molecule has 6 aromatic carbocycles. The Labute approximate surface area is 378 Å². The lowest BCUT2D eigenvalue weighted by atomic mass is 9.97. The Balaban J connectivity index is 1.21. The lowest BCUT2D eigenvalue weighted by molar-refractivity contribution is 0.553. The second-order valence-corrected chi connectivity index (χ2v) is 17.7. The summed E-state index contributed by atoms with van der Waals surface area (Å²) in [6.45, 7) is 27.2. The van der Waals surface area contributed by atoms with Gasteiger partial charge in [0.2, 0.25) is 0 Å². The first kappa shape index (κ1) is 43.7. The molecule has 0 spiro atoms. The molecule has 2 aromatic heterocycles. The molecule has 6 heteroatoms. The molecule has 6 nitrogen and oxygen atoms in total. The van der Waals surface area contributed by atoms with E-state index in [1.807, 2.05) is 33.8 Å². The van der Waals surface area contributed by atoms with E-state index >= 15 is 0 Å². The first-order valence-corrected chi connectivity index (χ1v) is 22.2. The van der Waals surface area contributed by atoms with E-state index in [2.05, 4.69) is 159 Å². The van der Waals surface area contributed by atoms with Crippen LogP contribution in [-0.4, -0.2) is 22.8 Å². The van der Waals surface area contributed by atoms with Crippen molar-refractivity contribution in [1.29, 1.82) is 0 Å². The highest BCUT2D eigenvalue weighted by atomic mass is 16.3. The van der Waals surface area contributed by atoms with Crippen molar-refractivity contribution in [3.8, 4) is 0 Å². The quantitative estimate of drug-likeness (QED) is 0.129. The van der Waals surface area contributed by atoms with Crippen molar-refractivity contribution >= 4 is 67.1 Å². The van der Waals surface area contributed by atoms with Gasteiger partial charge in [-0.25, -0.2) is 20.0 Å². The average Bonchev–Trinajstić information content (AvgIpc) is 3.83. The molecule has 0 bridgehead atoms. The molecule has 0 N–H and O–H groups in total. The van der Waals surface area contributed by atoms with Crippen molar-refractivity contribution in [2.45, 2.75) is 96.4 Å². The van der Waals surface area contributed by atoms with Crippen LogP contribution in [0.4, 0.5) is 22.7 Å². The lowest BCUT2D eigenvalue weighted by Gasteiger charge is -2.11. The van der Waals surface area contributed by atoms with E-state index in [1.165, 1.54) is 11.1 Å². The van der Waals surface area contributed by atoms with Crippen LogP contribution in [0.1, 0.15) is 112 Å². The Morgan fingerprint density at radius 3 is 1.17 bits per heavy atom. The summed E-state index contributed by atoms with van der Waals surface area (Å²) in [5, 5.41) is 4.04. The van der Waals surface area contributed by atoms with Gasteiger partial charge in [-0.2, -0.15) is 0 Å². The summed E-state index contributed by atoms with van der Waals surface area (Å²) >= 11 is 0. The van der Waals surface area contributed by atoms with Crippen molar-refractivity contribution in [1.82, 2.24) is 0 Å². The summed E-state index contributed by atoms with van der Waals surface area (Å²) in [4.78, 5) is 20.9. The van der Waals surface area contributed by atoms with E-state index in [-0.39, 0.29) is 0 Å².